The summed E-state index contributed by atoms with van der Waals surface area (Å²) in [5, 5.41) is 1.35. The van der Waals surface area contributed by atoms with Crippen LogP contribution < -0.4 is 0 Å². The van der Waals surface area contributed by atoms with Crippen molar-refractivity contribution in [3.8, 4) is 0 Å². The van der Waals surface area contributed by atoms with E-state index in [1.54, 1.807) is 0 Å². The molecule has 0 saturated heterocycles. The Labute approximate surface area is 159 Å². The first-order valence-corrected chi connectivity index (χ1v) is 10.00. The third-order valence-corrected chi connectivity index (χ3v) is 5.96. The van der Waals surface area contributed by atoms with E-state index < -0.39 is 0 Å². The summed E-state index contributed by atoms with van der Waals surface area (Å²) in [7, 11) is 0. The summed E-state index contributed by atoms with van der Waals surface area (Å²) in [6.07, 6.45) is 2.31. The van der Waals surface area contributed by atoms with Gasteiger partial charge in [-0.25, -0.2) is 0 Å². The van der Waals surface area contributed by atoms with E-state index in [0.717, 1.165) is 12.3 Å². The van der Waals surface area contributed by atoms with Gasteiger partial charge in [-0.1, -0.05) is 72.3 Å². The Balaban J connectivity index is 1.63. The molecule has 26 heavy (non-hydrogen) atoms. The lowest BCUT2D eigenvalue weighted by Gasteiger charge is -2.06. The van der Waals surface area contributed by atoms with E-state index in [2.05, 4.69) is 97.4 Å². The number of benzene rings is 3. The van der Waals surface area contributed by atoms with Gasteiger partial charge in [0.25, 0.3) is 0 Å². The van der Waals surface area contributed by atoms with Gasteiger partial charge in [-0.05, 0) is 36.6 Å². The van der Waals surface area contributed by atoms with Gasteiger partial charge >= 0.3 is 0 Å². The number of rotatable bonds is 5. The molecule has 0 fully saturated rings. The smallest absolute Gasteiger partial charge is 0.0495 e. The number of thioether (sulfide) groups is 1. The molecule has 1 aromatic heterocycles. The molecule has 1 nitrogen and oxygen atoms in total. The van der Waals surface area contributed by atoms with Gasteiger partial charge < -0.3 is 4.57 Å². The van der Waals surface area contributed by atoms with Crippen molar-refractivity contribution in [2.75, 3.05) is 0 Å². The predicted molar refractivity (Wildman–Crippen MR) is 113 cm³/mol. The van der Waals surface area contributed by atoms with Crippen molar-refractivity contribution in [3.63, 3.8) is 0 Å². The van der Waals surface area contributed by atoms with Gasteiger partial charge in [0.1, 0.15) is 0 Å². The molecular weight excluding hydrogens is 334 g/mol. The molecule has 4 rings (SSSR count). The second kappa shape index (κ2) is 7.43. The average molecular weight is 358 g/mol. The summed E-state index contributed by atoms with van der Waals surface area (Å²) in [6, 6.07) is 26.2. The van der Waals surface area contributed by atoms with Crippen LogP contribution in [0, 0.1) is 13.8 Å². The van der Waals surface area contributed by atoms with Crippen LogP contribution in [0.5, 0.6) is 0 Å². The first-order chi connectivity index (χ1) is 12.7. The highest BCUT2D eigenvalue weighted by molar-refractivity contribution is 7.98. The van der Waals surface area contributed by atoms with E-state index in [9.17, 15) is 0 Å². The van der Waals surface area contributed by atoms with E-state index in [0.29, 0.717) is 0 Å². The lowest BCUT2D eigenvalue weighted by molar-refractivity contribution is 0.829. The van der Waals surface area contributed by atoms with Crippen molar-refractivity contribution < 1.29 is 0 Å². The molecule has 2 heteroatoms. The molecule has 0 radical (unpaired) electrons. The zero-order valence-corrected chi connectivity index (χ0v) is 16.1. The van der Waals surface area contributed by atoms with E-state index in [1.807, 2.05) is 11.8 Å². The highest BCUT2D eigenvalue weighted by Gasteiger charge is 2.10. The summed E-state index contributed by atoms with van der Waals surface area (Å²) < 4.78 is 2.38. The number of aryl methyl sites for hydroxylation is 2. The fraction of sp³-hybridized carbons (Fsp3) is 0.167. The predicted octanol–water partition coefficient (Wildman–Crippen LogP) is 6.60. The van der Waals surface area contributed by atoms with E-state index >= 15 is 0 Å². The van der Waals surface area contributed by atoms with Crippen LogP contribution in [0.15, 0.2) is 83.9 Å². The number of nitrogens with zero attached hydrogens (tertiary/aromatic N) is 1. The Bertz CT molecular complexity index is 1030. The molecule has 0 amide bonds. The average Bonchev–Trinajstić information content (AvgIpc) is 3.01. The second-order valence-corrected chi connectivity index (χ2v) is 7.86. The molecule has 0 bridgehead atoms. The topological polar surface area (TPSA) is 4.93 Å². The highest BCUT2D eigenvalue weighted by Crippen LogP contribution is 2.33. The molecule has 4 aromatic rings. The van der Waals surface area contributed by atoms with E-state index in [-0.39, 0.29) is 0 Å². The van der Waals surface area contributed by atoms with E-state index in [1.165, 1.54) is 38.1 Å². The van der Waals surface area contributed by atoms with E-state index in [4.69, 9.17) is 0 Å². The summed E-state index contributed by atoms with van der Waals surface area (Å²) in [5.41, 5.74) is 6.73. The summed E-state index contributed by atoms with van der Waals surface area (Å²) in [6.45, 7) is 5.23. The SMILES string of the molecule is Cc1ccc(Cn2cc(SCc3ccccc3C)c3ccccc32)cc1. The molecule has 0 atom stereocenters. The lowest BCUT2D eigenvalue weighted by Crippen LogP contribution is -1.97. The summed E-state index contributed by atoms with van der Waals surface area (Å²) in [4.78, 5) is 1.36. The number of para-hydroxylation sites is 1. The third-order valence-electron chi connectivity index (χ3n) is 4.87. The van der Waals surface area contributed by atoms with Gasteiger partial charge in [0.05, 0.1) is 0 Å². The van der Waals surface area contributed by atoms with Crippen LogP contribution in [-0.4, -0.2) is 4.57 Å². The van der Waals surface area contributed by atoms with Crippen LogP contribution in [0.1, 0.15) is 22.3 Å². The molecule has 0 saturated carbocycles. The normalized spacial score (nSPS) is 11.2. The minimum Gasteiger partial charge on any atom is -0.342 e. The largest absolute Gasteiger partial charge is 0.342 e. The molecule has 3 aromatic carbocycles. The molecule has 0 N–H and O–H groups in total. The van der Waals surface area contributed by atoms with Crippen LogP contribution >= 0.6 is 11.8 Å². The Morgan fingerprint density at radius 3 is 2.35 bits per heavy atom. The second-order valence-electron chi connectivity index (χ2n) is 6.84. The van der Waals surface area contributed by atoms with Gasteiger partial charge in [0.15, 0.2) is 0 Å². The molecule has 0 aliphatic carbocycles. The van der Waals surface area contributed by atoms with Gasteiger partial charge in [-0.15, -0.1) is 11.8 Å². The van der Waals surface area contributed by atoms with Crippen molar-refractivity contribution in [1.29, 1.82) is 0 Å². The standard InChI is InChI=1S/C24H23NS/c1-18-11-13-20(14-12-18)15-25-16-24(22-9-5-6-10-23(22)25)26-17-21-8-4-3-7-19(21)2/h3-14,16H,15,17H2,1-2H3. The van der Waals surface area contributed by atoms with Gasteiger partial charge in [0.2, 0.25) is 0 Å². The van der Waals surface area contributed by atoms with Gasteiger partial charge in [-0.2, -0.15) is 0 Å². The van der Waals surface area contributed by atoms with Crippen LogP contribution in [0.3, 0.4) is 0 Å². The zero-order chi connectivity index (χ0) is 17.9. The Morgan fingerprint density at radius 1 is 0.808 bits per heavy atom. The minimum atomic E-state index is 0.908. The molecule has 0 aliphatic rings. The van der Waals surface area contributed by atoms with Crippen molar-refractivity contribution in [3.05, 3.63) is 101 Å². The van der Waals surface area contributed by atoms with Gasteiger partial charge in [-0.3, -0.25) is 0 Å². The number of hydrogen-bond donors (Lipinski definition) is 0. The molecule has 0 unspecified atom stereocenters. The monoisotopic (exact) mass is 357 g/mol. The summed E-state index contributed by atoms with van der Waals surface area (Å²) in [5.74, 6) is 1.01. The van der Waals surface area contributed by atoms with Crippen molar-refractivity contribution in [2.45, 2.75) is 31.0 Å². The third kappa shape index (κ3) is 3.56. The minimum absolute atomic E-state index is 0.908. The fourth-order valence-corrected chi connectivity index (χ4v) is 4.44. The fourth-order valence-electron chi connectivity index (χ4n) is 3.28. The quantitative estimate of drug-likeness (QED) is 0.364. The molecule has 130 valence electrons. The first-order valence-electron chi connectivity index (χ1n) is 9.01. The molecular formula is C24H23NS. The first kappa shape index (κ1) is 17.0. The Morgan fingerprint density at radius 2 is 1.54 bits per heavy atom. The van der Waals surface area contributed by atoms with Crippen LogP contribution in [0.4, 0.5) is 0 Å². The van der Waals surface area contributed by atoms with Crippen molar-refractivity contribution >= 4 is 22.7 Å². The van der Waals surface area contributed by atoms with Crippen molar-refractivity contribution in [1.82, 2.24) is 4.57 Å². The van der Waals surface area contributed by atoms with Crippen LogP contribution in [-0.2, 0) is 12.3 Å². The number of aromatic nitrogens is 1. The maximum Gasteiger partial charge on any atom is 0.0495 e. The number of fused-ring (bicyclic) bond motifs is 1. The molecule has 0 aliphatic heterocycles. The highest BCUT2D eigenvalue weighted by atomic mass is 32.2. The molecule has 1 heterocycles. The van der Waals surface area contributed by atoms with Crippen LogP contribution in [0.25, 0.3) is 10.9 Å². The summed E-state index contributed by atoms with van der Waals surface area (Å²) >= 11 is 1.93. The number of hydrogen-bond acceptors (Lipinski definition) is 1. The Hall–Kier alpha value is -2.45. The molecule has 0 spiro atoms. The maximum absolute atomic E-state index is 2.38. The van der Waals surface area contributed by atoms with Gasteiger partial charge in [0, 0.05) is 34.3 Å². The van der Waals surface area contributed by atoms with Crippen molar-refractivity contribution in [2.24, 2.45) is 0 Å². The van der Waals surface area contributed by atoms with Crippen LogP contribution in [0.2, 0.25) is 0 Å². The Kier molecular flexibility index (Phi) is 4.85. The lowest BCUT2D eigenvalue weighted by atomic mass is 10.1. The zero-order valence-electron chi connectivity index (χ0n) is 15.3. The maximum atomic E-state index is 2.38.